The topological polar surface area (TPSA) is 4.41 Å². The SMILES string of the molecule is CCc1cc2ccccn2c1-c1ccsc1. The van der Waals surface area contributed by atoms with Gasteiger partial charge in [0.25, 0.3) is 0 Å². The zero-order chi connectivity index (χ0) is 11.0. The van der Waals surface area contributed by atoms with Crippen molar-refractivity contribution in [2.24, 2.45) is 0 Å². The number of fused-ring (bicyclic) bond motifs is 1. The van der Waals surface area contributed by atoms with Crippen molar-refractivity contribution in [1.82, 2.24) is 4.40 Å². The van der Waals surface area contributed by atoms with Crippen LogP contribution in [-0.2, 0) is 6.42 Å². The molecular formula is C14H13NS. The van der Waals surface area contributed by atoms with E-state index in [0.29, 0.717) is 0 Å². The van der Waals surface area contributed by atoms with Crippen LogP contribution >= 0.6 is 11.3 Å². The van der Waals surface area contributed by atoms with Gasteiger partial charge in [-0.3, -0.25) is 0 Å². The number of aromatic nitrogens is 1. The minimum absolute atomic E-state index is 1.08. The monoisotopic (exact) mass is 227 g/mol. The number of rotatable bonds is 2. The lowest BCUT2D eigenvalue weighted by atomic mass is 10.1. The molecule has 0 aliphatic heterocycles. The smallest absolute Gasteiger partial charge is 0.0568 e. The average molecular weight is 227 g/mol. The Bertz CT molecular complexity index is 605. The molecule has 0 N–H and O–H groups in total. The second-order valence-electron chi connectivity index (χ2n) is 3.88. The van der Waals surface area contributed by atoms with Gasteiger partial charge < -0.3 is 4.40 Å². The summed E-state index contributed by atoms with van der Waals surface area (Å²) in [7, 11) is 0. The summed E-state index contributed by atoms with van der Waals surface area (Å²) < 4.78 is 2.28. The Hall–Kier alpha value is -1.54. The van der Waals surface area contributed by atoms with Gasteiger partial charge in [-0.1, -0.05) is 13.0 Å². The van der Waals surface area contributed by atoms with Crippen LogP contribution in [0.2, 0.25) is 0 Å². The molecule has 0 atom stereocenters. The van der Waals surface area contributed by atoms with Crippen LogP contribution in [0.4, 0.5) is 0 Å². The fraction of sp³-hybridized carbons (Fsp3) is 0.143. The first kappa shape index (κ1) is 9.67. The highest BCUT2D eigenvalue weighted by molar-refractivity contribution is 7.08. The minimum Gasteiger partial charge on any atom is -0.316 e. The highest BCUT2D eigenvalue weighted by atomic mass is 32.1. The highest BCUT2D eigenvalue weighted by Crippen LogP contribution is 2.29. The van der Waals surface area contributed by atoms with Gasteiger partial charge in [-0.05, 0) is 41.6 Å². The van der Waals surface area contributed by atoms with Crippen LogP contribution in [0.15, 0.2) is 47.3 Å². The van der Waals surface area contributed by atoms with Crippen LogP contribution in [-0.4, -0.2) is 4.40 Å². The maximum Gasteiger partial charge on any atom is 0.0568 e. The first-order valence-electron chi connectivity index (χ1n) is 5.51. The molecule has 0 saturated heterocycles. The molecule has 16 heavy (non-hydrogen) atoms. The van der Waals surface area contributed by atoms with Crippen molar-refractivity contribution in [3.8, 4) is 11.3 Å². The van der Waals surface area contributed by atoms with Crippen molar-refractivity contribution in [3.05, 3.63) is 52.9 Å². The summed E-state index contributed by atoms with van der Waals surface area (Å²) in [5, 5.41) is 4.35. The molecule has 1 nitrogen and oxygen atoms in total. The third kappa shape index (κ3) is 1.38. The summed E-state index contributed by atoms with van der Waals surface area (Å²) in [5.41, 5.74) is 5.37. The standard InChI is InChI=1S/C14H13NS/c1-2-11-9-13-5-3-4-7-15(13)14(11)12-6-8-16-10-12/h3-10H,2H2,1H3. The Morgan fingerprint density at radius 3 is 2.94 bits per heavy atom. The van der Waals surface area contributed by atoms with Crippen LogP contribution in [0.1, 0.15) is 12.5 Å². The normalized spacial score (nSPS) is 11.1. The second-order valence-corrected chi connectivity index (χ2v) is 4.66. The highest BCUT2D eigenvalue weighted by Gasteiger charge is 2.10. The number of aryl methyl sites for hydroxylation is 1. The van der Waals surface area contributed by atoms with E-state index in [-0.39, 0.29) is 0 Å². The lowest BCUT2D eigenvalue weighted by Gasteiger charge is -2.02. The molecule has 0 spiro atoms. The minimum atomic E-state index is 1.08. The van der Waals surface area contributed by atoms with Crippen LogP contribution in [0.3, 0.4) is 0 Å². The number of thiophene rings is 1. The number of hydrogen-bond donors (Lipinski definition) is 0. The Balaban J connectivity index is 2.36. The van der Waals surface area contributed by atoms with Crippen molar-refractivity contribution in [3.63, 3.8) is 0 Å². The van der Waals surface area contributed by atoms with E-state index in [0.717, 1.165) is 6.42 Å². The molecule has 3 rings (SSSR count). The van der Waals surface area contributed by atoms with E-state index in [1.807, 2.05) is 0 Å². The molecule has 0 radical (unpaired) electrons. The summed E-state index contributed by atoms with van der Waals surface area (Å²) in [4.78, 5) is 0. The van der Waals surface area contributed by atoms with E-state index in [4.69, 9.17) is 0 Å². The maximum atomic E-state index is 2.28. The van der Waals surface area contributed by atoms with Crippen LogP contribution < -0.4 is 0 Å². The first-order valence-corrected chi connectivity index (χ1v) is 6.46. The van der Waals surface area contributed by atoms with Gasteiger partial charge in [-0.2, -0.15) is 11.3 Å². The Labute approximate surface area is 99.0 Å². The molecule has 3 heterocycles. The van der Waals surface area contributed by atoms with Gasteiger partial charge in [0, 0.05) is 22.7 Å². The fourth-order valence-corrected chi connectivity index (χ4v) is 2.81. The van der Waals surface area contributed by atoms with E-state index >= 15 is 0 Å². The quantitative estimate of drug-likeness (QED) is 0.617. The van der Waals surface area contributed by atoms with E-state index in [9.17, 15) is 0 Å². The van der Waals surface area contributed by atoms with E-state index in [1.165, 1.54) is 22.3 Å². The largest absolute Gasteiger partial charge is 0.316 e. The van der Waals surface area contributed by atoms with Gasteiger partial charge in [0.2, 0.25) is 0 Å². The van der Waals surface area contributed by atoms with Crippen LogP contribution in [0, 0.1) is 0 Å². The lowest BCUT2D eigenvalue weighted by molar-refractivity contribution is 1.12. The molecule has 0 aliphatic carbocycles. The summed E-state index contributed by atoms with van der Waals surface area (Å²) >= 11 is 1.75. The molecule has 0 bridgehead atoms. The summed E-state index contributed by atoms with van der Waals surface area (Å²) in [6.45, 7) is 2.21. The van der Waals surface area contributed by atoms with Crippen molar-refractivity contribution in [1.29, 1.82) is 0 Å². The van der Waals surface area contributed by atoms with E-state index in [1.54, 1.807) is 11.3 Å². The summed E-state index contributed by atoms with van der Waals surface area (Å²) in [5.74, 6) is 0. The van der Waals surface area contributed by atoms with Gasteiger partial charge in [-0.25, -0.2) is 0 Å². The molecule has 0 saturated carbocycles. The summed E-state index contributed by atoms with van der Waals surface area (Å²) in [6, 6.07) is 10.8. The predicted octanol–water partition coefficient (Wildman–Crippen LogP) is 4.23. The molecule has 3 aromatic heterocycles. The molecule has 0 aromatic carbocycles. The van der Waals surface area contributed by atoms with Crippen molar-refractivity contribution in [2.75, 3.05) is 0 Å². The first-order chi connectivity index (χ1) is 7.90. The van der Waals surface area contributed by atoms with Crippen LogP contribution in [0.5, 0.6) is 0 Å². The van der Waals surface area contributed by atoms with Crippen molar-refractivity contribution in [2.45, 2.75) is 13.3 Å². The van der Waals surface area contributed by atoms with Gasteiger partial charge in [0.15, 0.2) is 0 Å². The van der Waals surface area contributed by atoms with E-state index in [2.05, 4.69) is 58.6 Å². The number of hydrogen-bond acceptors (Lipinski definition) is 1. The zero-order valence-corrected chi connectivity index (χ0v) is 10.00. The third-order valence-corrected chi connectivity index (χ3v) is 3.62. The van der Waals surface area contributed by atoms with Gasteiger partial charge >= 0.3 is 0 Å². The van der Waals surface area contributed by atoms with Gasteiger partial charge in [-0.15, -0.1) is 0 Å². The zero-order valence-electron chi connectivity index (χ0n) is 9.18. The fourth-order valence-electron chi connectivity index (χ4n) is 2.17. The van der Waals surface area contributed by atoms with Crippen LogP contribution in [0.25, 0.3) is 16.8 Å². The lowest BCUT2D eigenvalue weighted by Crippen LogP contribution is -1.88. The summed E-state index contributed by atoms with van der Waals surface area (Å²) in [6.07, 6.45) is 3.22. The number of pyridine rings is 1. The molecule has 0 fully saturated rings. The van der Waals surface area contributed by atoms with Gasteiger partial charge in [0.1, 0.15) is 0 Å². The van der Waals surface area contributed by atoms with E-state index < -0.39 is 0 Å². The molecule has 80 valence electrons. The molecule has 0 aliphatic rings. The van der Waals surface area contributed by atoms with Crippen molar-refractivity contribution >= 4 is 16.9 Å². The molecule has 0 amide bonds. The Kier molecular flexibility index (Phi) is 2.29. The van der Waals surface area contributed by atoms with Crippen molar-refractivity contribution < 1.29 is 0 Å². The molecule has 2 heteroatoms. The maximum absolute atomic E-state index is 2.28. The number of nitrogens with zero attached hydrogens (tertiary/aromatic N) is 1. The third-order valence-electron chi connectivity index (χ3n) is 2.93. The average Bonchev–Trinajstić information content (AvgIpc) is 2.94. The Morgan fingerprint density at radius 2 is 2.19 bits per heavy atom. The molecule has 0 unspecified atom stereocenters. The predicted molar refractivity (Wildman–Crippen MR) is 70.1 cm³/mol. The van der Waals surface area contributed by atoms with Gasteiger partial charge in [0.05, 0.1) is 5.69 Å². The molecule has 3 aromatic rings. The Morgan fingerprint density at radius 1 is 1.25 bits per heavy atom. The second kappa shape index (κ2) is 3.80. The molecular weight excluding hydrogens is 214 g/mol.